The van der Waals surface area contributed by atoms with Crippen LogP contribution in [-0.2, 0) is 17.5 Å². The molecule has 0 saturated carbocycles. The minimum atomic E-state index is -1.42. The number of carbonyl (C=O) groups excluding carboxylic acids is 1. The second-order valence-electron chi connectivity index (χ2n) is 8.89. The number of rotatable bonds is 7. The molecule has 1 saturated heterocycles. The summed E-state index contributed by atoms with van der Waals surface area (Å²) in [6.45, 7) is 3.40. The van der Waals surface area contributed by atoms with Crippen molar-refractivity contribution in [2.45, 2.75) is 11.4 Å². The van der Waals surface area contributed by atoms with Crippen LogP contribution in [0.25, 0.3) is 0 Å². The van der Waals surface area contributed by atoms with Crippen molar-refractivity contribution in [3.05, 3.63) is 125 Å². The van der Waals surface area contributed by atoms with Crippen LogP contribution in [0, 0.1) is 0 Å². The maximum atomic E-state index is 13.6. The lowest BCUT2D eigenvalue weighted by Gasteiger charge is -2.36. The van der Waals surface area contributed by atoms with E-state index >= 15 is 0 Å². The van der Waals surface area contributed by atoms with Gasteiger partial charge in [-0.25, -0.2) is 4.21 Å². The first-order valence-corrected chi connectivity index (χ1v) is 13.8. The van der Waals surface area contributed by atoms with Crippen LogP contribution in [0.15, 0.2) is 114 Å². The summed E-state index contributed by atoms with van der Waals surface area (Å²) in [5, 5.41) is 0.659. The van der Waals surface area contributed by atoms with Gasteiger partial charge in [-0.2, -0.15) is 0 Å². The SMILES string of the molecule is O=C(c1ccc(N(Cc2ccc(Cl)cc2)S(=O)c2ccccc2)cc1)N1CCN(c2ccccc2)CC1. The molecule has 7 heteroatoms. The lowest BCUT2D eigenvalue weighted by atomic mass is 10.1. The second-order valence-corrected chi connectivity index (χ2v) is 10.7. The van der Waals surface area contributed by atoms with Crippen LogP contribution in [0.1, 0.15) is 15.9 Å². The second kappa shape index (κ2) is 11.6. The first kappa shape index (κ1) is 25.1. The highest BCUT2D eigenvalue weighted by Crippen LogP contribution is 2.25. The van der Waals surface area contributed by atoms with Crippen LogP contribution in [-0.4, -0.2) is 41.2 Å². The summed E-state index contributed by atoms with van der Waals surface area (Å²) >= 11 is 6.06. The van der Waals surface area contributed by atoms with Gasteiger partial charge in [-0.05, 0) is 66.2 Å². The Balaban J connectivity index is 1.31. The maximum Gasteiger partial charge on any atom is 0.253 e. The molecule has 0 bridgehead atoms. The molecule has 0 aliphatic carbocycles. The van der Waals surface area contributed by atoms with E-state index in [0.717, 1.165) is 24.3 Å². The topological polar surface area (TPSA) is 43.9 Å². The Bertz CT molecular complexity index is 1340. The number of benzene rings is 4. The minimum absolute atomic E-state index is 0.0210. The molecular weight excluding hydrogens is 502 g/mol. The third kappa shape index (κ3) is 6.04. The van der Waals surface area contributed by atoms with Gasteiger partial charge >= 0.3 is 0 Å². The fourth-order valence-corrected chi connectivity index (χ4v) is 5.77. The van der Waals surface area contributed by atoms with Crippen LogP contribution < -0.4 is 9.21 Å². The molecule has 1 heterocycles. The number of piperazine rings is 1. The van der Waals surface area contributed by atoms with Crippen LogP contribution in [0.5, 0.6) is 0 Å². The van der Waals surface area contributed by atoms with Gasteiger partial charge in [-0.15, -0.1) is 0 Å². The molecule has 4 aromatic carbocycles. The molecular formula is C30H28ClN3O2S. The molecule has 1 unspecified atom stereocenters. The summed E-state index contributed by atoms with van der Waals surface area (Å²) in [5.41, 5.74) is 3.59. The number of anilines is 2. The number of nitrogens with zero attached hydrogens (tertiary/aromatic N) is 3. The van der Waals surface area contributed by atoms with Crippen molar-refractivity contribution in [1.82, 2.24) is 4.90 Å². The first-order valence-electron chi connectivity index (χ1n) is 12.3. The van der Waals surface area contributed by atoms with Gasteiger partial charge in [0.15, 0.2) is 11.0 Å². The molecule has 1 aliphatic heterocycles. The molecule has 0 N–H and O–H groups in total. The number of carbonyl (C=O) groups is 1. The molecule has 4 aromatic rings. The van der Waals surface area contributed by atoms with Crippen LogP contribution in [0.4, 0.5) is 11.4 Å². The Morgan fingerprint density at radius 2 is 1.35 bits per heavy atom. The van der Waals surface area contributed by atoms with Crippen molar-refractivity contribution >= 4 is 39.9 Å². The maximum absolute atomic E-state index is 13.6. The third-order valence-electron chi connectivity index (χ3n) is 6.47. The predicted molar refractivity (Wildman–Crippen MR) is 151 cm³/mol. The molecule has 1 fully saturated rings. The fourth-order valence-electron chi connectivity index (χ4n) is 4.42. The summed E-state index contributed by atoms with van der Waals surface area (Å²) in [4.78, 5) is 18.2. The molecule has 0 spiro atoms. The highest BCUT2D eigenvalue weighted by molar-refractivity contribution is 7.86. The van der Waals surface area contributed by atoms with Gasteiger partial charge in [0.05, 0.1) is 17.1 Å². The minimum Gasteiger partial charge on any atom is -0.368 e. The number of para-hydroxylation sites is 1. The normalized spacial score (nSPS) is 14.3. The zero-order valence-electron chi connectivity index (χ0n) is 20.4. The third-order valence-corrected chi connectivity index (χ3v) is 8.14. The van der Waals surface area contributed by atoms with Crippen molar-refractivity contribution in [3.8, 4) is 0 Å². The van der Waals surface area contributed by atoms with Crippen LogP contribution >= 0.6 is 11.6 Å². The Morgan fingerprint density at radius 3 is 1.97 bits per heavy atom. The van der Waals surface area contributed by atoms with Gasteiger partial charge < -0.3 is 9.80 Å². The zero-order valence-corrected chi connectivity index (χ0v) is 21.9. The summed E-state index contributed by atoms with van der Waals surface area (Å²) in [5.74, 6) is 0.0210. The zero-order chi connectivity index (χ0) is 25.6. The van der Waals surface area contributed by atoms with Gasteiger partial charge in [-0.1, -0.05) is 60.1 Å². The average molecular weight is 530 g/mol. The lowest BCUT2D eigenvalue weighted by Crippen LogP contribution is -2.48. The Hall–Kier alpha value is -3.61. The fraction of sp³-hybridized carbons (Fsp3) is 0.167. The quantitative estimate of drug-likeness (QED) is 0.293. The predicted octanol–water partition coefficient (Wildman–Crippen LogP) is 6.03. The molecule has 188 valence electrons. The van der Waals surface area contributed by atoms with Crippen molar-refractivity contribution in [1.29, 1.82) is 0 Å². The molecule has 5 nitrogen and oxygen atoms in total. The summed E-state index contributed by atoms with van der Waals surface area (Å²) in [6, 6.07) is 34.6. The first-order chi connectivity index (χ1) is 18.1. The molecule has 1 atom stereocenters. The Labute approximate surface area is 225 Å². The van der Waals surface area contributed by atoms with Crippen molar-refractivity contribution in [3.63, 3.8) is 0 Å². The van der Waals surface area contributed by atoms with Gasteiger partial charge in [0.2, 0.25) is 0 Å². The molecule has 5 rings (SSSR count). The summed E-state index contributed by atoms with van der Waals surface area (Å²) in [7, 11) is -1.42. The van der Waals surface area contributed by atoms with Crippen LogP contribution in [0.3, 0.4) is 0 Å². The van der Waals surface area contributed by atoms with Gasteiger partial charge in [0.1, 0.15) is 0 Å². The van der Waals surface area contributed by atoms with E-state index < -0.39 is 11.0 Å². The van der Waals surface area contributed by atoms with Crippen molar-refractivity contribution in [2.24, 2.45) is 0 Å². The van der Waals surface area contributed by atoms with Gasteiger partial charge in [0, 0.05) is 42.5 Å². The molecule has 1 amide bonds. The van der Waals surface area contributed by atoms with Gasteiger partial charge in [0.25, 0.3) is 5.91 Å². The largest absolute Gasteiger partial charge is 0.368 e. The smallest absolute Gasteiger partial charge is 0.253 e. The molecule has 37 heavy (non-hydrogen) atoms. The van der Waals surface area contributed by atoms with E-state index in [1.807, 2.05) is 106 Å². The lowest BCUT2D eigenvalue weighted by molar-refractivity contribution is 0.0747. The molecule has 1 aliphatic rings. The average Bonchev–Trinajstić information content (AvgIpc) is 2.97. The highest BCUT2D eigenvalue weighted by Gasteiger charge is 2.23. The number of hydrogen-bond acceptors (Lipinski definition) is 3. The Kier molecular flexibility index (Phi) is 7.87. The summed E-state index contributed by atoms with van der Waals surface area (Å²) in [6.07, 6.45) is 0. The molecule has 0 radical (unpaired) electrons. The monoisotopic (exact) mass is 529 g/mol. The highest BCUT2D eigenvalue weighted by atomic mass is 35.5. The number of halogens is 1. The van der Waals surface area contributed by atoms with E-state index in [4.69, 9.17) is 11.6 Å². The number of hydrogen-bond donors (Lipinski definition) is 0. The van der Waals surface area contributed by atoms with E-state index in [2.05, 4.69) is 17.0 Å². The van der Waals surface area contributed by atoms with Gasteiger partial charge in [-0.3, -0.25) is 9.10 Å². The van der Waals surface area contributed by atoms with E-state index in [1.54, 1.807) is 0 Å². The Morgan fingerprint density at radius 1 is 0.757 bits per heavy atom. The van der Waals surface area contributed by atoms with E-state index in [1.165, 1.54) is 5.69 Å². The van der Waals surface area contributed by atoms with E-state index in [0.29, 0.717) is 35.1 Å². The molecule has 0 aromatic heterocycles. The van der Waals surface area contributed by atoms with E-state index in [-0.39, 0.29) is 5.91 Å². The standard InChI is InChI=1S/C30H28ClN3O2S/c31-26-15-11-24(12-16-26)23-34(37(36)29-9-5-2-6-10-29)28-17-13-25(14-18-28)30(35)33-21-19-32(20-22-33)27-7-3-1-4-8-27/h1-18H,19-23H2. The van der Waals surface area contributed by atoms with E-state index in [9.17, 15) is 9.00 Å². The van der Waals surface area contributed by atoms with Crippen LogP contribution in [0.2, 0.25) is 5.02 Å². The van der Waals surface area contributed by atoms with Crippen molar-refractivity contribution in [2.75, 3.05) is 35.4 Å². The summed E-state index contributed by atoms with van der Waals surface area (Å²) < 4.78 is 15.4. The number of amides is 1. The van der Waals surface area contributed by atoms with Crippen molar-refractivity contribution < 1.29 is 9.00 Å².